The van der Waals surface area contributed by atoms with Gasteiger partial charge in [-0.05, 0) is 12.1 Å². The van der Waals surface area contributed by atoms with Crippen LogP contribution in [0.3, 0.4) is 0 Å². The molecule has 0 atom stereocenters. The Balaban J connectivity index is 0.00000144. The lowest BCUT2D eigenvalue weighted by atomic mass is 10.2. The molecule has 0 radical (unpaired) electrons. The van der Waals surface area contributed by atoms with E-state index in [4.69, 9.17) is 11.5 Å². The van der Waals surface area contributed by atoms with Crippen molar-refractivity contribution in [2.45, 2.75) is 0 Å². The predicted octanol–water partition coefficient (Wildman–Crippen LogP) is 0.588. The van der Waals surface area contributed by atoms with E-state index >= 15 is 0 Å². The van der Waals surface area contributed by atoms with Gasteiger partial charge in [0.2, 0.25) is 5.91 Å². The molecule has 0 saturated heterocycles. The summed E-state index contributed by atoms with van der Waals surface area (Å²) in [4.78, 5) is 10.8. The first-order valence-electron chi connectivity index (χ1n) is 3.58. The van der Waals surface area contributed by atoms with Gasteiger partial charge in [0.1, 0.15) is 0 Å². The average Bonchev–Trinajstić information content (AvgIpc) is 2.09. The molecule has 0 aliphatic rings. The van der Waals surface area contributed by atoms with Crippen LogP contribution in [0.4, 0.5) is 11.4 Å². The minimum absolute atomic E-state index is 0. The van der Waals surface area contributed by atoms with Gasteiger partial charge in [0.05, 0.1) is 17.9 Å². The topological polar surface area (TPSA) is 81.1 Å². The maximum atomic E-state index is 10.8. The molecule has 0 unspecified atom stereocenters. The zero-order valence-electron chi connectivity index (χ0n) is 6.99. The molecule has 0 aliphatic heterocycles. The van der Waals surface area contributed by atoms with Gasteiger partial charge >= 0.3 is 0 Å². The predicted molar refractivity (Wildman–Crippen MR) is 55.8 cm³/mol. The zero-order chi connectivity index (χ0) is 8.97. The van der Waals surface area contributed by atoms with E-state index in [2.05, 4.69) is 5.32 Å². The van der Waals surface area contributed by atoms with Crippen LogP contribution in [0, 0.1) is 0 Å². The van der Waals surface area contributed by atoms with Crippen LogP contribution >= 0.6 is 12.4 Å². The third kappa shape index (κ3) is 3.31. The van der Waals surface area contributed by atoms with Crippen molar-refractivity contribution in [3.63, 3.8) is 0 Å². The van der Waals surface area contributed by atoms with Crippen molar-refractivity contribution >= 4 is 29.7 Å². The number of benzene rings is 1. The van der Waals surface area contributed by atoms with Crippen molar-refractivity contribution < 1.29 is 4.79 Å². The molecular weight excluding hydrogens is 190 g/mol. The first kappa shape index (κ1) is 11.7. The zero-order valence-corrected chi connectivity index (χ0v) is 7.80. The third-order valence-corrected chi connectivity index (χ3v) is 1.42. The molecular formula is C8H12ClN3O. The molecule has 0 saturated carbocycles. The number of nitrogen functional groups attached to an aromatic ring is 1. The van der Waals surface area contributed by atoms with E-state index in [9.17, 15) is 4.79 Å². The summed E-state index contributed by atoms with van der Waals surface area (Å²) in [5, 5.41) is 2.57. The van der Waals surface area contributed by atoms with Crippen molar-refractivity contribution in [2.24, 2.45) is 5.73 Å². The minimum atomic E-state index is -0.243. The molecule has 0 bridgehead atoms. The summed E-state index contributed by atoms with van der Waals surface area (Å²) >= 11 is 0. The first-order valence-corrected chi connectivity index (χ1v) is 3.58. The van der Waals surface area contributed by atoms with E-state index in [0.29, 0.717) is 11.4 Å². The Morgan fingerprint density at radius 2 is 2.00 bits per heavy atom. The largest absolute Gasteiger partial charge is 0.397 e. The van der Waals surface area contributed by atoms with Crippen molar-refractivity contribution in [1.82, 2.24) is 0 Å². The average molecular weight is 202 g/mol. The number of anilines is 2. The second-order valence-corrected chi connectivity index (χ2v) is 2.34. The third-order valence-electron chi connectivity index (χ3n) is 1.42. The van der Waals surface area contributed by atoms with Crippen molar-refractivity contribution in [3.05, 3.63) is 24.3 Å². The highest BCUT2D eigenvalue weighted by Crippen LogP contribution is 2.15. The summed E-state index contributed by atoms with van der Waals surface area (Å²) in [6, 6.07) is 7.03. The number of carbonyl (C=O) groups is 1. The SMILES string of the molecule is Cl.NCC(=O)Nc1ccccc1N. The number of halogens is 1. The fourth-order valence-electron chi connectivity index (χ4n) is 0.812. The molecule has 0 heterocycles. The Hall–Kier alpha value is -1.26. The van der Waals surface area contributed by atoms with Gasteiger partial charge in [0.25, 0.3) is 0 Å². The van der Waals surface area contributed by atoms with E-state index in [1.165, 1.54) is 0 Å². The van der Waals surface area contributed by atoms with Gasteiger partial charge < -0.3 is 16.8 Å². The summed E-state index contributed by atoms with van der Waals surface area (Å²) in [6.45, 7) is -0.0334. The van der Waals surface area contributed by atoms with E-state index in [1.54, 1.807) is 24.3 Å². The lowest BCUT2D eigenvalue weighted by molar-refractivity contribution is -0.114. The van der Waals surface area contributed by atoms with E-state index in [-0.39, 0.29) is 24.9 Å². The van der Waals surface area contributed by atoms with E-state index in [0.717, 1.165) is 0 Å². The molecule has 5 heteroatoms. The molecule has 1 aromatic rings. The monoisotopic (exact) mass is 201 g/mol. The Labute approximate surface area is 82.7 Å². The van der Waals surface area contributed by atoms with Crippen LogP contribution in [0.25, 0.3) is 0 Å². The molecule has 0 fully saturated rings. The molecule has 0 aliphatic carbocycles. The van der Waals surface area contributed by atoms with Gasteiger partial charge in [0.15, 0.2) is 0 Å². The van der Waals surface area contributed by atoms with Crippen LogP contribution < -0.4 is 16.8 Å². The van der Waals surface area contributed by atoms with Crippen LogP contribution in [0.2, 0.25) is 0 Å². The molecule has 72 valence electrons. The second kappa shape index (κ2) is 5.40. The number of amides is 1. The number of hydrogen-bond acceptors (Lipinski definition) is 3. The number of carbonyl (C=O) groups excluding carboxylic acids is 1. The number of nitrogens with one attached hydrogen (secondary N) is 1. The minimum Gasteiger partial charge on any atom is -0.397 e. The summed E-state index contributed by atoms with van der Waals surface area (Å²) in [6.07, 6.45) is 0. The summed E-state index contributed by atoms with van der Waals surface area (Å²) in [5.41, 5.74) is 11.8. The smallest absolute Gasteiger partial charge is 0.238 e. The van der Waals surface area contributed by atoms with Gasteiger partial charge in [-0.25, -0.2) is 0 Å². The molecule has 1 amide bonds. The Kier molecular flexibility index (Phi) is 4.87. The van der Waals surface area contributed by atoms with Gasteiger partial charge in [-0.15, -0.1) is 12.4 Å². The fourth-order valence-corrected chi connectivity index (χ4v) is 0.812. The van der Waals surface area contributed by atoms with Crippen molar-refractivity contribution in [3.8, 4) is 0 Å². The van der Waals surface area contributed by atoms with Gasteiger partial charge in [-0.2, -0.15) is 0 Å². The molecule has 13 heavy (non-hydrogen) atoms. The highest BCUT2D eigenvalue weighted by Gasteiger charge is 2.00. The number of hydrogen-bond donors (Lipinski definition) is 3. The highest BCUT2D eigenvalue weighted by molar-refractivity contribution is 5.94. The molecule has 0 spiro atoms. The Morgan fingerprint density at radius 3 is 2.54 bits per heavy atom. The molecule has 0 aromatic heterocycles. The normalized spacial score (nSPS) is 8.69. The van der Waals surface area contributed by atoms with Crippen LogP contribution in [-0.4, -0.2) is 12.5 Å². The summed E-state index contributed by atoms with van der Waals surface area (Å²) in [5.74, 6) is -0.243. The van der Waals surface area contributed by atoms with Gasteiger partial charge in [-0.3, -0.25) is 4.79 Å². The standard InChI is InChI=1S/C8H11N3O.ClH/c9-5-8(12)11-7-4-2-1-3-6(7)10;/h1-4H,5,9-10H2,(H,11,12);1H. The molecule has 4 nitrogen and oxygen atoms in total. The lowest BCUT2D eigenvalue weighted by Crippen LogP contribution is -2.22. The van der Waals surface area contributed by atoms with Gasteiger partial charge in [0, 0.05) is 0 Å². The van der Waals surface area contributed by atoms with Crippen LogP contribution in [0.15, 0.2) is 24.3 Å². The Morgan fingerprint density at radius 1 is 1.38 bits per heavy atom. The molecule has 1 rings (SSSR count). The summed E-state index contributed by atoms with van der Waals surface area (Å²) in [7, 11) is 0. The molecule has 1 aromatic carbocycles. The Bertz CT molecular complexity index is 290. The highest BCUT2D eigenvalue weighted by atomic mass is 35.5. The van der Waals surface area contributed by atoms with Crippen LogP contribution in [-0.2, 0) is 4.79 Å². The maximum Gasteiger partial charge on any atom is 0.238 e. The van der Waals surface area contributed by atoms with E-state index < -0.39 is 0 Å². The number of para-hydroxylation sites is 2. The van der Waals surface area contributed by atoms with Crippen LogP contribution in [0.1, 0.15) is 0 Å². The van der Waals surface area contributed by atoms with E-state index in [1.807, 2.05) is 0 Å². The number of rotatable bonds is 2. The van der Waals surface area contributed by atoms with Crippen molar-refractivity contribution in [2.75, 3.05) is 17.6 Å². The summed E-state index contributed by atoms with van der Waals surface area (Å²) < 4.78 is 0. The second-order valence-electron chi connectivity index (χ2n) is 2.34. The quantitative estimate of drug-likeness (QED) is 0.613. The van der Waals surface area contributed by atoms with Gasteiger partial charge in [-0.1, -0.05) is 12.1 Å². The maximum absolute atomic E-state index is 10.8. The lowest BCUT2D eigenvalue weighted by Gasteiger charge is -2.05. The first-order chi connectivity index (χ1) is 5.74. The molecule has 5 N–H and O–H groups in total. The fraction of sp³-hybridized carbons (Fsp3) is 0.125. The number of nitrogens with two attached hydrogens (primary N) is 2. The van der Waals surface area contributed by atoms with Crippen molar-refractivity contribution in [1.29, 1.82) is 0 Å². The van der Waals surface area contributed by atoms with Crippen LogP contribution in [0.5, 0.6) is 0 Å².